The van der Waals surface area contributed by atoms with Crippen LogP contribution < -0.4 is 10.6 Å². The van der Waals surface area contributed by atoms with Gasteiger partial charge in [-0.15, -0.1) is 12.4 Å². The fourth-order valence-corrected chi connectivity index (χ4v) is 3.74. The van der Waals surface area contributed by atoms with Crippen LogP contribution >= 0.6 is 12.4 Å². The lowest BCUT2D eigenvalue weighted by Crippen LogP contribution is -2.49. The molecular formula is C16H31ClN2O. The molecule has 3 nitrogen and oxygen atoms in total. The Bertz CT molecular complexity index is 303. The first-order chi connectivity index (χ1) is 9.08. The summed E-state index contributed by atoms with van der Waals surface area (Å²) < 4.78 is 0. The van der Waals surface area contributed by atoms with Gasteiger partial charge in [0, 0.05) is 12.6 Å². The Morgan fingerprint density at radius 3 is 2.60 bits per heavy atom. The molecule has 0 radical (unpaired) electrons. The zero-order valence-electron chi connectivity index (χ0n) is 13.2. The molecule has 4 atom stereocenters. The van der Waals surface area contributed by atoms with Crippen molar-refractivity contribution in [2.45, 2.75) is 58.9 Å². The van der Waals surface area contributed by atoms with E-state index in [2.05, 4.69) is 31.4 Å². The summed E-state index contributed by atoms with van der Waals surface area (Å²) in [7, 11) is 0. The first-order valence-corrected chi connectivity index (χ1v) is 8.09. The number of piperidine rings is 1. The summed E-state index contributed by atoms with van der Waals surface area (Å²) in [4.78, 5) is 12.4. The van der Waals surface area contributed by atoms with E-state index >= 15 is 0 Å². The minimum absolute atomic E-state index is 0. The van der Waals surface area contributed by atoms with Crippen molar-refractivity contribution < 1.29 is 4.79 Å². The smallest absolute Gasteiger partial charge is 0.224 e. The molecule has 0 spiro atoms. The highest BCUT2D eigenvalue weighted by Gasteiger charge is 2.33. The molecule has 2 N–H and O–H groups in total. The molecule has 2 rings (SSSR count). The van der Waals surface area contributed by atoms with Gasteiger partial charge >= 0.3 is 0 Å². The molecule has 0 bridgehead atoms. The second-order valence-corrected chi connectivity index (χ2v) is 6.98. The van der Waals surface area contributed by atoms with Crippen molar-refractivity contribution in [3.8, 4) is 0 Å². The van der Waals surface area contributed by atoms with Gasteiger partial charge in [0.2, 0.25) is 5.91 Å². The molecule has 1 saturated carbocycles. The van der Waals surface area contributed by atoms with Crippen LogP contribution in [0.15, 0.2) is 0 Å². The van der Waals surface area contributed by atoms with E-state index < -0.39 is 0 Å². The second kappa shape index (κ2) is 8.23. The maximum Gasteiger partial charge on any atom is 0.224 e. The van der Waals surface area contributed by atoms with E-state index in [4.69, 9.17) is 0 Å². The highest BCUT2D eigenvalue weighted by molar-refractivity contribution is 5.85. The molecule has 0 aromatic heterocycles. The quantitative estimate of drug-likeness (QED) is 0.841. The molecule has 1 aliphatic carbocycles. The third-order valence-corrected chi connectivity index (χ3v) is 5.02. The van der Waals surface area contributed by atoms with Crippen LogP contribution in [0.4, 0.5) is 0 Å². The third kappa shape index (κ3) is 4.63. The van der Waals surface area contributed by atoms with Crippen molar-refractivity contribution >= 4 is 18.3 Å². The van der Waals surface area contributed by atoms with Crippen LogP contribution in [0.3, 0.4) is 0 Å². The molecule has 2 aliphatic rings. The predicted molar refractivity (Wildman–Crippen MR) is 86.1 cm³/mol. The zero-order valence-corrected chi connectivity index (χ0v) is 14.0. The monoisotopic (exact) mass is 302 g/mol. The van der Waals surface area contributed by atoms with Crippen LogP contribution in [0.1, 0.15) is 52.9 Å². The summed E-state index contributed by atoms with van der Waals surface area (Å²) in [6.07, 6.45) is 5.93. The number of amides is 1. The molecule has 1 heterocycles. The Morgan fingerprint density at radius 2 is 2.00 bits per heavy atom. The maximum atomic E-state index is 12.4. The van der Waals surface area contributed by atoms with E-state index in [1.807, 2.05) is 0 Å². The van der Waals surface area contributed by atoms with Gasteiger partial charge in [0.25, 0.3) is 0 Å². The van der Waals surface area contributed by atoms with E-state index in [-0.39, 0.29) is 24.2 Å². The molecular weight excluding hydrogens is 272 g/mol. The minimum atomic E-state index is 0. The number of nitrogens with one attached hydrogen (secondary N) is 2. The molecule has 118 valence electrons. The standard InChI is InChI=1S/C16H30N2O.ClH/c1-11(2)14-7-6-12(3)9-15(14)18-16(19)13-5-4-8-17-10-13;/h11-15,17H,4-10H2,1-3H3,(H,18,19);1H. The van der Waals surface area contributed by atoms with Gasteiger partial charge in [-0.05, 0) is 50.0 Å². The van der Waals surface area contributed by atoms with E-state index in [1.54, 1.807) is 0 Å². The molecule has 0 aromatic rings. The number of hydrogen-bond donors (Lipinski definition) is 2. The van der Waals surface area contributed by atoms with Crippen molar-refractivity contribution in [3.05, 3.63) is 0 Å². The molecule has 1 amide bonds. The van der Waals surface area contributed by atoms with Crippen molar-refractivity contribution in [1.29, 1.82) is 0 Å². The van der Waals surface area contributed by atoms with E-state index in [1.165, 1.54) is 12.8 Å². The van der Waals surface area contributed by atoms with Crippen molar-refractivity contribution in [2.75, 3.05) is 13.1 Å². The fourth-order valence-electron chi connectivity index (χ4n) is 3.74. The van der Waals surface area contributed by atoms with Crippen LogP contribution in [-0.2, 0) is 4.79 Å². The summed E-state index contributed by atoms with van der Waals surface area (Å²) in [6.45, 7) is 8.83. The number of halogens is 1. The molecule has 4 heteroatoms. The first kappa shape index (κ1) is 17.8. The summed E-state index contributed by atoms with van der Waals surface area (Å²) in [5.41, 5.74) is 0. The van der Waals surface area contributed by atoms with E-state index in [9.17, 15) is 4.79 Å². The summed E-state index contributed by atoms with van der Waals surface area (Å²) >= 11 is 0. The molecule has 1 aliphatic heterocycles. The van der Waals surface area contributed by atoms with Gasteiger partial charge in [0.1, 0.15) is 0 Å². The lowest BCUT2D eigenvalue weighted by Gasteiger charge is -2.38. The lowest BCUT2D eigenvalue weighted by molar-refractivity contribution is -0.127. The van der Waals surface area contributed by atoms with E-state index in [0.29, 0.717) is 17.9 Å². The van der Waals surface area contributed by atoms with Crippen LogP contribution in [0.5, 0.6) is 0 Å². The average molecular weight is 303 g/mol. The number of carbonyl (C=O) groups excluding carboxylic acids is 1. The fraction of sp³-hybridized carbons (Fsp3) is 0.938. The van der Waals surface area contributed by atoms with Gasteiger partial charge in [-0.2, -0.15) is 0 Å². The lowest BCUT2D eigenvalue weighted by atomic mass is 9.74. The van der Waals surface area contributed by atoms with E-state index in [0.717, 1.165) is 38.3 Å². The highest BCUT2D eigenvalue weighted by Crippen LogP contribution is 2.33. The Labute approximate surface area is 130 Å². The minimum Gasteiger partial charge on any atom is -0.353 e. The maximum absolute atomic E-state index is 12.4. The SMILES string of the molecule is CC1CCC(C(C)C)C(NC(=O)C2CCCNC2)C1.Cl. The normalized spacial score (nSPS) is 34.4. The number of hydrogen-bond acceptors (Lipinski definition) is 2. The van der Waals surface area contributed by atoms with Crippen molar-refractivity contribution in [3.63, 3.8) is 0 Å². The summed E-state index contributed by atoms with van der Waals surface area (Å²) in [6, 6.07) is 0.401. The molecule has 1 saturated heterocycles. The molecule has 4 unspecified atom stereocenters. The predicted octanol–water partition coefficient (Wildman–Crippen LogP) is 2.98. The Kier molecular flexibility index (Phi) is 7.32. The third-order valence-electron chi connectivity index (χ3n) is 5.02. The average Bonchev–Trinajstić information content (AvgIpc) is 2.39. The van der Waals surface area contributed by atoms with Crippen LogP contribution in [0.2, 0.25) is 0 Å². The zero-order chi connectivity index (χ0) is 13.8. The first-order valence-electron chi connectivity index (χ1n) is 8.09. The van der Waals surface area contributed by atoms with Crippen molar-refractivity contribution in [1.82, 2.24) is 10.6 Å². The Balaban J connectivity index is 0.00000200. The number of carbonyl (C=O) groups is 1. The van der Waals surface area contributed by atoms with Crippen LogP contribution in [0.25, 0.3) is 0 Å². The van der Waals surface area contributed by atoms with Gasteiger partial charge in [0.15, 0.2) is 0 Å². The van der Waals surface area contributed by atoms with Gasteiger partial charge < -0.3 is 10.6 Å². The van der Waals surface area contributed by atoms with Gasteiger partial charge in [-0.25, -0.2) is 0 Å². The highest BCUT2D eigenvalue weighted by atomic mass is 35.5. The summed E-state index contributed by atoms with van der Waals surface area (Å²) in [5, 5.41) is 6.71. The van der Waals surface area contributed by atoms with Crippen LogP contribution in [0, 0.1) is 23.7 Å². The number of rotatable bonds is 3. The van der Waals surface area contributed by atoms with Gasteiger partial charge in [-0.3, -0.25) is 4.79 Å². The van der Waals surface area contributed by atoms with Gasteiger partial charge in [-0.1, -0.05) is 27.2 Å². The van der Waals surface area contributed by atoms with Crippen LogP contribution in [-0.4, -0.2) is 25.0 Å². The Morgan fingerprint density at radius 1 is 1.25 bits per heavy atom. The molecule has 20 heavy (non-hydrogen) atoms. The molecule has 2 fully saturated rings. The van der Waals surface area contributed by atoms with Crippen molar-refractivity contribution in [2.24, 2.45) is 23.7 Å². The summed E-state index contributed by atoms with van der Waals surface area (Å²) in [5.74, 6) is 2.57. The topological polar surface area (TPSA) is 41.1 Å². The van der Waals surface area contributed by atoms with Gasteiger partial charge in [0.05, 0.1) is 5.92 Å². The Hall–Kier alpha value is -0.280. The molecule has 0 aromatic carbocycles. The largest absolute Gasteiger partial charge is 0.353 e. The second-order valence-electron chi connectivity index (χ2n) is 6.98.